The Morgan fingerprint density at radius 1 is 0.850 bits per heavy atom. The van der Waals surface area contributed by atoms with Gasteiger partial charge in [-0.25, -0.2) is 0 Å². The fourth-order valence-electron chi connectivity index (χ4n) is 3.14. The maximum atomic E-state index is 2.44. The van der Waals surface area contributed by atoms with E-state index in [2.05, 4.69) is 80.8 Å². The molecular formula is C19H21N. The van der Waals surface area contributed by atoms with Crippen LogP contribution in [0.4, 0.5) is 0 Å². The monoisotopic (exact) mass is 263 g/mol. The highest BCUT2D eigenvalue weighted by molar-refractivity contribution is 5.98. The van der Waals surface area contributed by atoms with Gasteiger partial charge >= 0.3 is 0 Å². The largest absolute Gasteiger partial charge is 0.342 e. The van der Waals surface area contributed by atoms with Gasteiger partial charge in [0.1, 0.15) is 0 Å². The number of nitrogens with zero attached hydrogens (tertiary/aromatic N) is 1. The minimum absolute atomic E-state index is 0.471. The van der Waals surface area contributed by atoms with E-state index < -0.39 is 0 Å². The lowest BCUT2D eigenvalue weighted by Crippen LogP contribution is -2.02. The van der Waals surface area contributed by atoms with Crippen LogP contribution in [-0.4, -0.2) is 4.57 Å². The molecule has 2 aromatic carbocycles. The molecule has 3 rings (SSSR count). The fraction of sp³-hybridized carbons (Fsp3) is 0.263. The molecule has 1 heterocycles. The Labute approximate surface area is 120 Å². The molecule has 0 saturated heterocycles. The Kier molecular flexibility index (Phi) is 3.13. The number of fused-ring (bicyclic) bond motifs is 1. The quantitative estimate of drug-likeness (QED) is 0.575. The summed E-state index contributed by atoms with van der Waals surface area (Å²) in [6.07, 6.45) is 0. The first kappa shape index (κ1) is 13.0. The molecule has 0 aliphatic heterocycles. The summed E-state index contributed by atoms with van der Waals surface area (Å²) < 4.78 is 2.44. The van der Waals surface area contributed by atoms with Gasteiger partial charge in [0.15, 0.2) is 0 Å². The van der Waals surface area contributed by atoms with Crippen LogP contribution in [0.1, 0.15) is 31.1 Å². The molecule has 1 aromatic heterocycles. The van der Waals surface area contributed by atoms with Crippen LogP contribution >= 0.6 is 0 Å². The predicted molar refractivity (Wildman–Crippen MR) is 87.2 cm³/mol. The summed E-state index contributed by atoms with van der Waals surface area (Å²) in [4.78, 5) is 0. The van der Waals surface area contributed by atoms with Crippen LogP contribution in [0.5, 0.6) is 0 Å². The maximum Gasteiger partial charge on any atom is 0.0491 e. The highest BCUT2D eigenvalue weighted by Crippen LogP contribution is 2.36. The highest BCUT2D eigenvalue weighted by atomic mass is 15.0. The molecular weight excluding hydrogens is 242 g/mol. The van der Waals surface area contributed by atoms with Crippen molar-refractivity contribution in [3.8, 4) is 11.1 Å². The van der Waals surface area contributed by atoms with E-state index in [1.807, 2.05) is 0 Å². The van der Waals surface area contributed by atoms with Crippen molar-refractivity contribution in [2.45, 2.75) is 33.7 Å². The van der Waals surface area contributed by atoms with E-state index >= 15 is 0 Å². The Hall–Kier alpha value is -2.02. The second kappa shape index (κ2) is 4.82. The summed E-state index contributed by atoms with van der Waals surface area (Å²) in [5.41, 5.74) is 6.66. The van der Waals surface area contributed by atoms with Crippen LogP contribution in [-0.2, 0) is 0 Å². The summed E-state index contributed by atoms with van der Waals surface area (Å²) in [5, 5.41) is 1.35. The lowest BCUT2D eigenvalue weighted by Gasteiger charge is -2.12. The summed E-state index contributed by atoms with van der Waals surface area (Å²) in [5.74, 6) is 0. The van der Waals surface area contributed by atoms with Crippen LogP contribution in [0.25, 0.3) is 22.0 Å². The van der Waals surface area contributed by atoms with Gasteiger partial charge in [0.25, 0.3) is 0 Å². The van der Waals surface area contributed by atoms with Gasteiger partial charge in [-0.1, -0.05) is 48.0 Å². The van der Waals surface area contributed by atoms with E-state index in [9.17, 15) is 0 Å². The van der Waals surface area contributed by atoms with Crippen LogP contribution in [0.2, 0.25) is 0 Å². The molecule has 102 valence electrons. The lowest BCUT2D eigenvalue weighted by atomic mass is 10.0. The van der Waals surface area contributed by atoms with E-state index in [1.54, 1.807) is 0 Å². The number of para-hydroxylation sites is 1. The van der Waals surface area contributed by atoms with Crippen molar-refractivity contribution in [1.29, 1.82) is 0 Å². The number of rotatable bonds is 2. The third-order valence-electron chi connectivity index (χ3n) is 4.01. The van der Waals surface area contributed by atoms with Crippen molar-refractivity contribution >= 4 is 10.9 Å². The zero-order valence-electron chi connectivity index (χ0n) is 12.6. The SMILES string of the molecule is Cc1ccc(-c2c(C)n(C(C)C)c3ccccc23)cc1. The smallest absolute Gasteiger partial charge is 0.0491 e. The van der Waals surface area contributed by atoms with Gasteiger partial charge in [-0.05, 0) is 39.3 Å². The average Bonchev–Trinajstić information content (AvgIpc) is 2.72. The molecule has 0 aliphatic rings. The van der Waals surface area contributed by atoms with Crippen LogP contribution < -0.4 is 0 Å². The van der Waals surface area contributed by atoms with Crippen LogP contribution in [0.3, 0.4) is 0 Å². The molecule has 0 aliphatic carbocycles. The van der Waals surface area contributed by atoms with Gasteiger partial charge in [0.05, 0.1) is 0 Å². The molecule has 0 bridgehead atoms. The standard InChI is InChI=1S/C19H21N/c1-13(2)20-15(4)19(16-11-9-14(3)10-12-16)17-7-5-6-8-18(17)20/h5-13H,1-4H3. The lowest BCUT2D eigenvalue weighted by molar-refractivity contribution is 0.608. The second-order valence-electron chi connectivity index (χ2n) is 5.81. The normalized spacial score (nSPS) is 11.4. The third-order valence-corrected chi connectivity index (χ3v) is 4.01. The zero-order chi connectivity index (χ0) is 14.3. The third kappa shape index (κ3) is 1.94. The Balaban J connectivity index is 2.35. The van der Waals surface area contributed by atoms with E-state index in [-0.39, 0.29) is 0 Å². The van der Waals surface area contributed by atoms with Gasteiger partial charge in [-0.2, -0.15) is 0 Å². The molecule has 0 amide bonds. The Morgan fingerprint density at radius 3 is 2.15 bits per heavy atom. The Morgan fingerprint density at radius 2 is 1.50 bits per heavy atom. The predicted octanol–water partition coefficient (Wildman–Crippen LogP) is 5.51. The first-order valence-electron chi connectivity index (χ1n) is 7.26. The molecule has 0 N–H and O–H groups in total. The van der Waals surface area contributed by atoms with E-state index in [4.69, 9.17) is 0 Å². The van der Waals surface area contributed by atoms with Crippen molar-refractivity contribution in [2.75, 3.05) is 0 Å². The topological polar surface area (TPSA) is 4.93 Å². The minimum atomic E-state index is 0.471. The highest BCUT2D eigenvalue weighted by Gasteiger charge is 2.16. The van der Waals surface area contributed by atoms with Crippen molar-refractivity contribution in [1.82, 2.24) is 4.57 Å². The summed E-state index contributed by atoms with van der Waals surface area (Å²) >= 11 is 0. The number of benzene rings is 2. The first-order chi connectivity index (χ1) is 9.59. The number of hydrogen-bond acceptors (Lipinski definition) is 0. The van der Waals surface area contributed by atoms with Crippen LogP contribution in [0, 0.1) is 13.8 Å². The molecule has 3 aromatic rings. The van der Waals surface area contributed by atoms with Crippen molar-refractivity contribution in [2.24, 2.45) is 0 Å². The van der Waals surface area contributed by atoms with Gasteiger partial charge in [0.2, 0.25) is 0 Å². The molecule has 0 fully saturated rings. The van der Waals surface area contributed by atoms with Crippen molar-refractivity contribution in [3.63, 3.8) is 0 Å². The molecule has 0 unspecified atom stereocenters. The summed E-state index contributed by atoms with van der Waals surface area (Å²) in [6, 6.07) is 18.0. The maximum absolute atomic E-state index is 2.44. The van der Waals surface area contributed by atoms with Crippen LogP contribution in [0.15, 0.2) is 48.5 Å². The van der Waals surface area contributed by atoms with Crippen molar-refractivity contribution in [3.05, 3.63) is 59.8 Å². The minimum Gasteiger partial charge on any atom is -0.342 e. The number of hydrogen-bond donors (Lipinski definition) is 0. The molecule has 0 radical (unpaired) electrons. The van der Waals surface area contributed by atoms with E-state index in [1.165, 1.54) is 33.3 Å². The molecule has 1 nitrogen and oxygen atoms in total. The second-order valence-corrected chi connectivity index (χ2v) is 5.81. The first-order valence-corrected chi connectivity index (χ1v) is 7.26. The Bertz CT molecular complexity index is 745. The van der Waals surface area contributed by atoms with E-state index in [0.29, 0.717) is 6.04 Å². The van der Waals surface area contributed by atoms with Gasteiger partial charge in [-0.3, -0.25) is 0 Å². The van der Waals surface area contributed by atoms with Gasteiger partial charge in [0, 0.05) is 28.2 Å². The molecule has 0 atom stereocenters. The van der Waals surface area contributed by atoms with Gasteiger partial charge in [-0.15, -0.1) is 0 Å². The summed E-state index contributed by atoms with van der Waals surface area (Å²) in [6.45, 7) is 8.86. The zero-order valence-corrected chi connectivity index (χ0v) is 12.6. The van der Waals surface area contributed by atoms with E-state index in [0.717, 1.165) is 0 Å². The number of aromatic nitrogens is 1. The molecule has 20 heavy (non-hydrogen) atoms. The van der Waals surface area contributed by atoms with Crippen molar-refractivity contribution < 1.29 is 0 Å². The van der Waals surface area contributed by atoms with Gasteiger partial charge < -0.3 is 4.57 Å². The molecule has 0 spiro atoms. The average molecular weight is 263 g/mol. The molecule has 1 heteroatoms. The molecule has 0 saturated carbocycles. The number of aryl methyl sites for hydroxylation is 1. The fourth-order valence-corrected chi connectivity index (χ4v) is 3.14. The summed E-state index contributed by atoms with van der Waals surface area (Å²) in [7, 11) is 0.